The van der Waals surface area contributed by atoms with Gasteiger partial charge in [0.25, 0.3) is 0 Å². The summed E-state index contributed by atoms with van der Waals surface area (Å²) in [5.41, 5.74) is 4.21. The van der Waals surface area contributed by atoms with Crippen LogP contribution in [0.4, 0.5) is 16.2 Å². The number of fused-ring (bicyclic) bond motifs is 3. The Morgan fingerprint density at radius 3 is 2.51 bits per heavy atom. The van der Waals surface area contributed by atoms with Gasteiger partial charge in [0, 0.05) is 23.5 Å². The van der Waals surface area contributed by atoms with Crippen LogP contribution in [-0.2, 0) is 4.79 Å². The van der Waals surface area contributed by atoms with Crippen LogP contribution in [0.25, 0.3) is 5.69 Å². The number of nitrogens with one attached hydrogen (secondary N) is 1. The van der Waals surface area contributed by atoms with Crippen LogP contribution in [0, 0.1) is 11.3 Å². The Balaban J connectivity index is 1.39. The van der Waals surface area contributed by atoms with Gasteiger partial charge in [-0.2, -0.15) is 5.26 Å². The second-order valence-corrected chi connectivity index (χ2v) is 10.0. The third kappa shape index (κ3) is 4.85. The van der Waals surface area contributed by atoms with Crippen LogP contribution in [0.15, 0.2) is 85.1 Å². The van der Waals surface area contributed by atoms with E-state index in [1.54, 1.807) is 48.3 Å². The van der Waals surface area contributed by atoms with E-state index in [0.717, 1.165) is 35.5 Å². The third-order valence-electron chi connectivity index (χ3n) is 7.52. The predicted octanol–water partition coefficient (Wildman–Crippen LogP) is 5.50. The Morgan fingerprint density at radius 1 is 0.976 bits per heavy atom. The van der Waals surface area contributed by atoms with Gasteiger partial charge in [-0.1, -0.05) is 18.2 Å². The van der Waals surface area contributed by atoms with Crippen LogP contribution < -0.4 is 19.7 Å². The van der Waals surface area contributed by atoms with Crippen molar-refractivity contribution in [2.75, 3.05) is 31.0 Å². The molecule has 0 radical (unpaired) electrons. The summed E-state index contributed by atoms with van der Waals surface area (Å²) in [4.78, 5) is 31.2. The minimum absolute atomic E-state index is 0.0354. The number of ether oxygens (including phenoxy) is 2. The van der Waals surface area contributed by atoms with E-state index in [0.29, 0.717) is 22.7 Å². The SMILES string of the molecule is COc1ccc(OC)c(C2c3cccn3-c3ccccc3N2C(=O)CN(C(=O)Nc2cccc(C#N)c2)C2CC2)c1. The van der Waals surface area contributed by atoms with Gasteiger partial charge in [-0.3, -0.25) is 9.69 Å². The molecule has 1 atom stereocenters. The molecule has 0 saturated heterocycles. The molecular formula is C32H29N5O4. The molecule has 1 saturated carbocycles. The van der Waals surface area contributed by atoms with Crippen molar-refractivity contribution in [2.24, 2.45) is 0 Å². The average molecular weight is 548 g/mol. The van der Waals surface area contributed by atoms with Crippen LogP contribution in [0.1, 0.15) is 35.7 Å². The first-order chi connectivity index (χ1) is 20.0. The summed E-state index contributed by atoms with van der Waals surface area (Å²) in [6, 6.07) is 25.1. The number of para-hydroxylation sites is 2. The summed E-state index contributed by atoms with van der Waals surface area (Å²) in [6.45, 7) is -0.119. The Bertz CT molecular complexity index is 1670. The van der Waals surface area contributed by atoms with E-state index in [1.807, 2.05) is 60.8 Å². The van der Waals surface area contributed by atoms with Crippen molar-refractivity contribution < 1.29 is 19.1 Å². The number of nitrogens with zero attached hydrogens (tertiary/aromatic N) is 4. The molecule has 1 aliphatic heterocycles. The molecule has 1 N–H and O–H groups in total. The molecule has 1 fully saturated rings. The van der Waals surface area contributed by atoms with Crippen molar-refractivity contribution in [1.29, 1.82) is 5.26 Å². The predicted molar refractivity (Wildman–Crippen MR) is 155 cm³/mol. The van der Waals surface area contributed by atoms with Crippen LogP contribution in [-0.4, -0.2) is 48.2 Å². The molecule has 3 aromatic carbocycles. The van der Waals surface area contributed by atoms with Gasteiger partial charge in [-0.05, 0) is 73.5 Å². The zero-order valence-corrected chi connectivity index (χ0v) is 22.8. The van der Waals surface area contributed by atoms with Crippen LogP contribution >= 0.6 is 0 Å². The number of nitriles is 1. The van der Waals surface area contributed by atoms with E-state index in [9.17, 15) is 14.9 Å². The Kier molecular flexibility index (Phi) is 6.81. The lowest BCUT2D eigenvalue weighted by Crippen LogP contribution is -2.48. The number of anilines is 2. The molecule has 2 heterocycles. The molecule has 4 aromatic rings. The average Bonchev–Trinajstić information content (AvgIpc) is 3.73. The molecule has 206 valence electrons. The van der Waals surface area contributed by atoms with Gasteiger partial charge in [0.05, 0.1) is 42.9 Å². The van der Waals surface area contributed by atoms with Crippen molar-refractivity contribution in [3.05, 3.63) is 102 Å². The summed E-state index contributed by atoms with van der Waals surface area (Å²) in [5.74, 6) is 1.03. The van der Waals surface area contributed by atoms with Gasteiger partial charge in [0.2, 0.25) is 5.91 Å². The molecule has 1 unspecified atom stereocenters. The Morgan fingerprint density at radius 2 is 1.78 bits per heavy atom. The maximum Gasteiger partial charge on any atom is 0.322 e. The molecule has 2 aliphatic rings. The van der Waals surface area contributed by atoms with E-state index in [-0.39, 0.29) is 24.5 Å². The first-order valence-electron chi connectivity index (χ1n) is 13.4. The highest BCUT2D eigenvalue weighted by atomic mass is 16.5. The van der Waals surface area contributed by atoms with Gasteiger partial charge in [0.15, 0.2) is 0 Å². The number of urea groups is 1. The molecule has 0 spiro atoms. The van der Waals surface area contributed by atoms with E-state index < -0.39 is 6.04 Å². The first-order valence-corrected chi connectivity index (χ1v) is 13.4. The highest BCUT2D eigenvalue weighted by Gasteiger charge is 2.41. The maximum atomic E-state index is 14.4. The number of methoxy groups -OCH3 is 2. The van der Waals surface area contributed by atoms with Crippen LogP contribution in [0.2, 0.25) is 0 Å². The van der Waals surface area contributed by atoms with Crippen molar-refractivity contribution >= 4 is 23.3 Å². The van der Waals surface area contributed by atoms with Crippen molar-refractivity contribution in [2.45, 2.75) is 24.9 Å². The van der Waals surface area contributed by atoms with Crippen molar-refractivity contribution in [1.82, 2.24) is 9.47 Å². The monoisotopic (exact) mass is 547 g/mol. The zero-order valence-electron chi connectivity index (χ0n) is 22.8. The van der Waals surface area contributed by atoms with Gasteiger partial charge in [-0.15, -0.1) is 0 Å². The number of hydrogen-bond donors (Lipinski definition) is 1. The summed E-state index contributed by atoms with van der Waals surface area (Å²) >= 11 is 0. The molecular weight excluding hydrogens is 518 g/mol. The zero-order chi connectivity index (χ0) is 28.5. The molecule has 0 bridgehead atoms. The fourth-order valence-electron chi connectivity index (χ4n) is 5.45. The second-order valence-electron chi connectivity index (χ2n) is 10.0. The van der Waals surface area contributed by atoms with E-state index in [2.05, 4.69) is 16.0 Å². The summed E-state index contributed by atoms with van der Waals surface area (Å²) < 4.78 is 13.4. The van der Waals surface area contributed by atoms with Gasteiger partial charge in [-0.25, -0.2) is 4.79 Å². The second kappa shape index (κ2) is 10.7. The van der Waals surface area contributed by atoms with Gasteiger partial charge in [0.1, 0.15) is 24.1 Å². The summed E-state index contributed by atoms with van der Waals surface area (Å²) in [5, 5.41) is 12.1. The molecule has 1 aliphatic carbocycles. The minimum atomic E-state index is -0.533. The number of carbonyl (C=O) groups excluding carboxylic acids is 2. The number of benzene rings is 3. The highest BCUT2D eigenvalue weighted by Crippen LogP contribution is 2.45. The fraction of sp³-hybridized carbons (Fsp3) is 0.219. The molecule has 9 nitrogen and oxygen atoms in total. The summed E-state index contributed by atoms with van der Waals surface area (Å²) in [7, 11) is 3.21. The highest BCUT2D eigenvalue weighted by molar-refractivity contribution is 6.01. The summed E-state index contributed by atoms with van der Waals surface area (Å²) in [6.07, 6.45) is 3.63. The maximum absolute atomic E-state index is 14.4. The molecule has 41 heavy (non-hydrogen) atoms. The van der Waals surface area contributed by atoms with E-state index in [1.165, 1.54) is 0 Å². The molecule has 3 amide bonds. The molecule has 9 heteroatoms. The number of amides is 3. The molecule has 1 aromatic heterocycles. The standard InChI is InChI=1S/C32H29N5O4/c1-40-24-14-15-29(41-2)25(18-24)31-28-11-6-16-35(28)26-9-3-4-10-27(26)37(31)30(38)20-36(23-12-13-23)32(39)34-22-8-5-7-21(17-22)19-33/h3-11,14-18,23,31H,12-13,20H2,1-2H3,(H,34,39). The number of hydrogen-bond acceptors (Lipinski definition) is 5. The topological polar surface area (TPSA) is 99.8 Å². The lowest BCUT2D eigenvalue weighted by Gasteiger charge is -2.40. The number of aromatic nitrogens is 1. The largest absolute Gasteiger partial charge is 0.497 e. The van der Waals surface area contributed by atoms with Crippen LogP contribution in [0.5, 0.6) is 11.5 Å². The van der Waals surface area contributed by atoms with E-state index in [4.69, 9.17) is 9.47 Å². The first kappa shape index (κ1) is 26.0. The van der Waals surface area contributed by atoms with Crippen LogP contribution in [0.3, 0.4) is 0 Å². The minimum Gasteiger partial charge on any atom is -0.497 e. The lowest BCUT2D eigenvalue weighted by molar-refractivity contribution is -0.119. The Hall–Kier alpha value is -5.23. The van der Waals surface area contributed by atoms with E-state index >= 15 is 0 Å². The van der Waals surface area contributed by atoms with Crippen molar-refractivity contribution in [3.8, 4) is 23.3 Å². The lowest BCUT2D eigenvalue weighted by atomic mass is 9.96. The molecule has 6 rings (SSSR count). The normalized spacial score (nSPS) is 15.2. The van der Waals surface area contributed by atoms with Crippen molar-refractivity contribution in [3.63, 3.8) is 0 Å². The quantitative estimate of drug-likeness (QED) is 0.329. The number of rotatable bonds is 7. The number of carbonyl (C=O) groups is 2. The third-order valence-corrected chi connectivity index (χ3v) is 7.52. The van der Waals surface area contributed by atoms with Gasteiger partial charge < -0.3 is 24.3 Å². The Labute approximate surface area is 238 Å². The smallest absolute Gasteiger partial charge is 0.322 e. The fourth-order valence-corrected chi connectivity index (χ4v) is 5.45. The van der Waals surface area contributed by atoms with Gasteiger partial charge >= 0.3 is 6.03 Å².